The van der Waals surface area contributed by atoms with E-state index in [0.29, 0.717) is 11.7 Å². The van der Waals surface area contributed by atoms with Crippen LogP contribution in [0.3, 0.4) is 0 Å². The quantitative estimate of drug-likeness (QED) is 0.902. The van der Waals surface area contributed by atoms with Gasteiger partial charge in [0.05, 0.1) is 12.6 Å². The van der Waals surface area contributed by atoms with E-state index in [1.165, 1.54) is 0 Å². The molecule has 0 bridgehead atoms. The summed E-state index contributed by atoms with van der Waals surface area (Å²) in [5.74, 6) is 0.698. The molecule has 0 fully saturated rings. The Kier molecular flexibility index (Phi) is 3.56. The summed E-state index contributed by atoms with van der Waals surface area (Å²) in [6.45, 7) is 1.78. The van der Waals surface area contributed by atoms with Gasteiger partial charge in [0.1, 0.15) is 0 Å². The third-order valence-corrected chi connectivity index (χ3v) is 3.24. The van der Waals surface area contributed by atoms with Gasteiger partial charge in [-0.25, -0.2) is 0 Å². The van der Waals surface area contributed by atoms with Crippen molar-refractivity contribution >= 4 is 15.9 Å². The van der Waals surface area contributed by atoms with Crippen LogP contribution in [0.25, 0.3) is 11.5 Å². The van der Waals surface area contributed by atoms with Gasteiger partial charge >= 0.3 is 0 Å². The Hall–Kier alpha value is -1.24. The monoisotopic (exact) mass is 297 g/mol. The lowest BCUT2D eigenvalue weighted by atomic mass is 10.1. The van der Waals surface area contributed by atoms with Crippen molar-refractivity contribution in [2.24, 2.45) is 5.73 Å². The Balaban J connectivity index is 2.33. The molecule has 1 heterocycles. The molecule has 0 aliphatic carbocycles. The lowest BCUT2D eigenvalue weighted by Gasteiger charge is -2.00. The van der Waals surface area contributed by atoms with Gasteiger partial charge in [-0.15, -0.1) is 0 Å². The first kappa shape index (κ1) is 12.2. The van der Waals surface area contributed by atoms with Crippen LogP contribution in [0.1, 0.15) is 17.4 Å². The highest BCUT2D eigenvalue weighted by Crippen LogP contribution is 2.24. The number of nitrogens with zero attached hydrogens (tertiary/aromatic N) is 2. The minimum atomic E-state index is -0.610. The van der Waals surface area contributed by atoms with Crippen LogP contribution >= 0.6 is 15.9 Å². The maximum Gasteiger partial charge on any atom is 0.258 e. The van der Waals surface area contributed by atoms with Crippen molar-refractivity contribution in [3.63, 3.8) is 0 Å². The molecule has 1 unspecified atom stereocenters. The second kappa shape index (κ2) is 4.95. The molecule has 17 heavy (non-hydrogen) atoms. The average molecular weight is 298 g/mol. The molecule has 5 nitrogen and oxygen atoms in total. The van der Waals surface area contributed by atoms with Crippen LogP contribution in [0.2, 0.25) is 0 Å². The number of hydrogen-bond donors (Lipinski definition) is 2. The molecule has 0 saturated heterocycles. The van der Waals surface area contributed by atoms with Gasteiger partial charge in [-0.2, -0.15) is 4.98 Å². The second-order valence-electron chi connectivity index (χ2n) is 3.71. The van der Waals surface area contributed by atoms with Crippen LogP contribution in [-0.2, 0) is 0 Å². The van der Waals surface area contributed by atoms with Crippen LogP contribution in [0, 0.1) is 6.92 Å². The van der Waals surface area contributed by atoms with Gasteiger partial charge < -0.3 is 15.4 Å². The molecule has 0 aliphatic rings. The SMILES string of the molecule is Cc1ccc(-c2nc(C(N)CO)no2)cc1Br. The molecule has 0 radical (unpaired) electrons. The van der Waals surface area contributed by atoms with Crippen LogP contribution in [0.15, 0.2) is 27.2 Å². The smallest absolute Gasteiger partial charge is 0.258 e. The fourth-order valence-corrected chi connectivity index (χ4v) is 1.69. The van der Waals surface area contributed by atoms with Gasteiger partial charge in [-0.3, -0.25) is 0 Å². The van der Waals surface area contributed by atoms with Gasteiger partial charge in [0.2, 0.25) is 0 Å². The first-order valence-electron chi connectivity index (χ1n) is 5.08. The largest absolute Gasteiger partial charge is 0.394 e. The summed E-state index contributed by atoms with van der Waals surface area (Å²) < 4.78 is 6.07. The van der Waals surface area contributed by atoms with Crippen molar-refractivity contribution in [1.29, 1.82) is 0 Å². The van der Waals surface area contributed by atoms with Gasteiger partial charge in [-0.1, -0.05) is 27.2 Å². The van der Waals surface area contributed by atoms with Crippen LogP contribution in [0.4, 0.5) is 0 Å². The van der Waals surface area contributed by atoms with E-state index in [2.05, 4.69) is 26.1 Å². The Labute approximate surface area is 107 Å². The average Bonchev–Trinajstić information content (AvgIpc) is 2.81. The Morgan fingerprint density at radius 3 is 2.94 bits per heavy atom. The molecule has 1 aromatic carbocycles. The van der Waals surface area contributed by atoms with Crippen LogP contribution < -0.4 is 5.73 Å². The maximum atomic E-state index is 8.89. The molecule has 90 valence electrons. The third kappa shape index (κ3) is 2.54. The second-order valence-corrected chi connectivity index (χ2v) is 4.57. The van der Waals surface area contributed by atoms with Crippen molar-refractivity contribution in [1.82, 2.24) is 10.1 Å². The van der Waals surface area contributed by atoms with E-state index in [1.54, 1.807) is 0 Å². The van der Waals surface area contributed by atoms with Gasteiger partial charge in [0.25, 0.3) is 5.89 Å². The van der Waals surface area contributed by atoms with E-state index >= 15 is 0 Å². The predicted octanol–water partition coefficient (Wildman–Crippen LogP) is 1.80. The molecule has 0 spiro atoms. The molecule has 6 heteroatoms. The Bertz CT molecular complexity index is 527. The molecule has 0 saturated carbocycles. The lowest BCUT2D eigenvalue weighted by molar-refractivity contribution is 0.260. The van der Waals surface area contributed by atoms with E-state index < -0.39 is 6.04 Å². The minimum absolute atomic E-state index is 0.212. The highest BCUT2D eigenvalue weighted by molar-refractivity contribution is 9.10. The zero-order chi connectivity index (χ0) is 12.4. The summed E-state index contributed by atoms with van der Waals surface area (Å²) in [7, 11) is 0. The van der Waals surface area contributed by atoms with Crippen LogP contribution in [0.5, 0.6) is 0 Å². The first-order chi connectivity index (χ1) is 8.11. The first-order valence-corrected chi connectivity index (χ1v) is 5.87. The lowest BCUT2D eigenvalue weighted by Crippen LogP contribution is -2.15. The standard InChI is InChI=1S/C11H12BrN3O2/c1-6-2-3-7(4-8(6)12)11-14-10(15-17-11)9(13)5-16/h2-4,9,16H,5,13H2,1H3. The van der Waals surface area contributed by atoms with E-state index in [-0.39, 0.29) is 6.61 Å². The normalized spacial score (nSPS) is 12.7. The number of aromatic nitrogens is 2. The Morgan fingerprint density at radius 2 is 2.29 bits per heavy atom. The molecule has 0 amide bonds. The zero-order valence-corrected chi connectivity index (χ0v) is 10.8. The van der Waals surface area contributed by atoms with Crippen molar-refractivity contribution in [3.8, 4) is 11.5 Å². The summed E-state index contributed by atoms with van der Waals surface area (Å²) in [5.41, 5.74) is 7.53. The number of halogens is 1. The molecule has 3 N–H and O–H groups in total. The fraction of sp³-hybridized carbons (Fsp3) is 0.273. The van der Waals surface area contributed by atoms with Gasteiger partial charge in [-0.05, 0) is 24.6 Å². The van der Waals surface area contributed by atoms with Crippen LogP contribution in [-0.4, -0.2) is 21.9 Å². The molecule has 2 aromatic rings. The van der Waals surface area contributed by atoms with Crippen molar-refractivity contribution in [3.05, 3.63) is 34.1 Å². The maximum absolute atomic E-state index is 8.89. The fourth-order valence-electron chi connectivity index (χ4n) is 1.31. The summed E-state index contributed by atoms with van der Waals surface area (Å²) in [6.07, 6.45) is 0. The molecular weight excluding hydrogens is 286 g/mol. The number of hydrogen-bond acceptors (Lipinski definition) is 5. The zero-order valence-electron chi connectivity index (χ0n) is 9.22. The predicted molar refractivity (Wildman–Crippen MR) is 66.2 cm³/mol. The van der Waals surface area contributed by atoms with Gasteiger partial charge in [0, 0.05) is 10.0 Å². The summed E-state index contributed by atoms with van der Waals surface area (Å²) in [5, 5.41) is 12.6. The molecule has 1 aromatic heterocycles. The third-order valence-electron chi connectivity index (χ3n) is 2.39. The molecular formula is C11H12BrN3O2. The highest BCUT2D eigenvalue weighted by atomic mass is 79.9. The summed E-state index contributed by atoms with van der Waals surface area (Å²) in [6, 6.07) is 5.13. The summed E-state index contributed by atoms with van der Waals surface area (Å²) in [4.78, 5) is 4.14. The van der Waals surface area contributed by atoms with E-state index in [9.17, 15) is 0 Å². The number of aryl methyl sites for hydroxylation is 1. The molecule has 0 aliphatic heterocycles. The number of rotatable bonds is 3. The number of aliphatic hydroxyl groups is 1. The number of aliphatic hydroxyl groups excluding tert-OH is 1. The topological polar surface area (TPSA) is 85.2 Å². The van der Waals surface area contributed by atoms with Gasteiger partial charge in [0.15, 0.2) is 5.82 Å². The Morgan fingerprint density at radius 1 is 1.53 bits per heavy atom. The number of benzene rings is 1. The van der Waals surface area contributed by atoms with E-state index in [0.717, 1.165) is 15.6 Å². The van der Waals surface area contributed by atoms with Crippen molar-refractivity contribution < 1.29 is 9.63 Å². The van der Waals surface area contributed by atoms with Crippen molar-refractivity contribution in [2.75, 3.05) is 6.61 Å². The van der Waals surface area contributed by atoms with E-state index in [4.69, 9.17) is 15.4 Å². The van der Waals surface area contributed by atoms with E-state index in [1.807, 2.05) is 25.1 Å². The number of nitrogens with two attached hydrogens (primary N) is 1. The minimum Gasteiger partial charge on any atom is -0.394 e. The molecule has 1 atom stereocenters. The molecule has 2 rings (SSSR count). The highest BCUT2D eigenvalue weighted by Gasteiger charge is 2.14. The van der Waals surface area contributed by atoms with Crippen molar-refractivity contribution in [2.45, 2.75) is 13.0 Å². The summed E-state index contributed by atoms with van der Waals surface area (Å²) >= 11 is 3.44.